The van der Waals surface area contributed by atoms with E-state index in [0.29, 0.717) is 48.7 Å². The van der Waals surface area contributed by atoms with Gasteiger partial charge in [-0.3, -0.25) is 0 Å². The number of halogens is 3. The van der Waals surface area contributed by atoms with Crippen LogP contribution in [0.15, 0.2) is 18.2 Å². The molecule has 7 nitrogen and oxygen atoms in total. The molecule has 0 bridgehead atoms. The predicted molar refractivity (Wildman–Crippen MR) is 110 cm³/mol. The fourth-order valence-electron chi connectivity index (χ4n) is 4.71. The first-order chi connectivity index (χ1) is 14.8. The van der Waals surface area contributed by atoms with Crippen molar-refractivity contribution in [3.05, 3.63) is 24.0 Å². The molecule has 1 saturated heterocycles. The molecule has 10 heteroatoms. The molecule has 1 aromatic carbocycles. The number of fused-ring (bicyclic) bond motifs is 3. The van der Waals surface area contributed by atoms with Gasteiger partial charge < -0.3 is 15.4 Å². The highest BCUT2D eigenvalue weighted by Crippen LogP contribution is 2.46. The molecule has 3 aromatic rings. The van der Waals surface area contributed by atoms with E-state index in [1.54, 1.807) is 13.2 Å². The van der Waals surface area contributed by atoms with Gasteiger partial charge >= 0.3 is 6.18 Å². The maximum absolute atomic E-state index is 13.5. The summed E-state index contributed by atoms with van der Waals surface area (Å²) in [6, 6.07) is 5.54. The maximum Gasteiger partial charge on any atom is 0.393 e. The Hall–Kier alpha value is -2.62. The summed E-state index contributed by atoms with van der Waals surface area (Å²) in [7, 11) is 1.57. The second kappa shape index (κ2) is 7.51. The van der Waals surface area contributed by atoms with Gasteiger partial charge in [0.2, 0.25) is 5.95 Å². The molecule has 5 rings (SSSR count). The lowest BCUT2D eigenvalue weighted by molar-refractivity contribution is -0.185. The number of alkyl halides is 3. The number of anilines is 1. The molecule has 0 spiro atoms. The van der Waals surface area contributed by atoms with E-state index < -0.39 is 12.1 Å². The van der Waals surface area contributed by atoms with Crippen molar-refractivity contribution in [1.29, 1.82) is 0 Å². The monoisotopic (exact) mass is 434 g/mol. The van der Waals surface area contributed by atoms with Crippen molar-refractivity contribution in [1.82, 2.24) is 24.5 Å². The van der Waals surface area contributed by atoms with Gasteiger partial charge in [-0.2, -0.15) is 17.7 Å². The second-order valence-corrected chi connectivity index (χ2v) is 8.62. The third-order valence-electron chi connectivity index (χ3n) is 6.46. The second-order valence-electron chi connectivity index (χ2n) is 8.62. The fraction of sp³-hybridized carbons (Fsp3) is 0.571. The minimum absolute atomic E-state index is 0.0400. The highest BCUT2D eigenvalue weighted by Gasteiger charge is 2.49. The molecule has 2 N–H and O–H groups in total. The fourth-order valence-corrected chi connectivity index (χ4v) is 4.71. The van der Waals surface area contributed by atoms with E-state index in [9.17, 15) is 13.2 Å². The maximum atomic E-state index is 13.5. The first-order valence-electron chi connectivity index (χ1n) is 10.6. The highest BCUT2D eigenvalue weighted by molar-refractivity contribution is 5.95. The molecule has 2 fully saturated rings. The molecule has 1 unspecified atom stereocenters. The highest BCUT2D eigenvalue weighted by atomic mass is 19.4. The van der Waals surface area contributed by atoms with Gasteiger partial charge in [-0.15, -0.1) is 5.10 Å². The van der Waals surface area contributed by atoms with Crippen LogP contribution < -0.4 is 10.5 Å². The zero-order valence-corrected chi connectivity index (χ0v) is 17.3. The Morgan fingerprint density at radius 3 is 2.74 bits per heavy atom. The van der Waals surface area contributed by atoms with Gasteiger partial charge in [0.25, 0.3) is 0 Å². The number of likely N-dealkylation sites (tertiary alicyclic amines) is 1. The van der Waals surface area contributed by atoms with Crippen LogP contribution in [0.2, 0.25) is 0 Å². The van der Waals surface area contributed by atoms with Crippen molar-refractivity contribution in [2.24, 2.45) is 11.8 Å². The zero-order valence-electron chi connectivity index (χ0n) is 17.3. The summed E-state index contributed by atoms with van der Waals surface area (Å²) in [5.74, 6) is -0.106. The van der Waals surface area contributed by atoms with Crippen molar-refractivity contribution in [2.75, 3.05) is 32.5 Å². The summed E-state index contributed by atoms with van der Waals surface area (Å²) in [6.45, 7) is 1.25. The number of hydrogen-bond acceptors (Lipinski definition) is 6. The van der Waals surface area contributed by atoms with Crippen molar-refractivity contribution in [3.8, 4) is 5.75 Å². The van der Waals surface area contributed by atoms with Gasteiger partial charge in [-0.1, -0.05) is 6.07 Å². The molecule has 1 aliphatic carbocycles. The third kappa shape index (κ3) is 3.77. The number of hydrogen-bond donors (Lipinski definition) is 1. The predicted octanol–water partition coefficient (Wildman–Crippen LogP) is 3.64. The van der Waals surface area contributed by atoms with E-state index in [1.165, 1.54) is 4.52 Å². The van der Waals surface area contributed by atoms with Gasteiger partial charge in [0.05, 0.1) is 13.0 Å². The minimum Gasteiger partial charge on any atom is -0.494 e. The molecule has 2 aromatic heterocycles. The number of nitrogens with two attached hydrogens (primary N) is 1. The molecule has 1 aliphatic heterocycles. The van der Waals surface area contributed by atoms with E-state index in [4.69, 9.17) is 15.5 Å². The van der Waals surface area contributed by atoms with Crippen LogP contribution in [0.3, 0.4) is 0 Å². The summed E-state index contributed by atoms with van der Waals surface area (Å²) in [4.78, 5) is 11.1. The lowest BCUT2D eigenvalue weighted by Gasteiger charge is -2.34. The molecule has 2 aliphatic rings. The molecule has 2 atom stereocenters. The first-order valence-corrected chi connectivity index (χ1v) is 10.6. The molecule has 166 valence electrons. The Morgan fingerprint density at radius 1 is 1.23 bits per heavy atom. The Morgan fingerprint density at radius 2 is 2.03 bits per heavy atom. The molecule has 0 amide bonds. The van der Waals surface area contributed by atoms with E-state index in [2.05, 4.69) is 10.1 Å². The molecule has 0 radical (unpaired) electrons. The summed E-state index contributed by atoms with van der Waals surface area (Å²) in [5.41, 5.74) is 7.32. The van der Waals surface area contributed by atoms with Gasteiger partial charge in [0.1, 0.15) is 11.3 Å². The minimum atomic E-state index is -4.15. The number of aromatic nitrogens is 4. The summed E-state index contributed by atoms with van der Waals surface area (Å²) < 4.78 is 47.4. The molecule has 1 saturated carbocycles. The lowest BCUT2D eigenvalue weighted by atomic mass is 9.95. The largest absolute Gasteiger partial charge is 0.494 e. The van der Waals surface area contributed by atoms with Gasteiger partial charge in [0.15, 0.2) is 11.5 Å². The van der Waals surface area contributed by atoms with Crippen LogP contribution in [0.4, 0.5) is 19.1 Å². The molecular weight excluding hydrogens is 409 g/mol. The molecule has 31 heavy (non-hydrogen) atoms. The Labute approximate surface area is 177 Å². The van der Waals surface area contributed by atoms with E-state index in [1.807, 2.05) is 17.0 Å². The number of nitrogen functional groups attached to an aromatic ring is 1. The van der Waals surface area contributed by atoms with Crippen LogP contribution >= 0.6 is 0 Å². The summed E-state index contributed by atoms with van der Waals surface area (Å²) in [5, 5.41) is 5.35. The van der Waals surface area contributed by atoms with Crippen molar-refractivity contribution < 1.29 is 17.9 Å². The number of rotatable bonds is 5. The van der Waals surface area contributed by atoms with Crippen LogP contribution in [0.1, 0.15) is 37.4 Å². The van der Waals surface area contributed by atoms with Gasteiger partial charge in [-0.25, -0.2) is 9.97 Å². The Kier molecular flexibility index (Phi) is 4.91. The van der Waals surface area contributed by atoms with Gasteiger partial charge in [0, 0.05) is 24.4 Å². The van der Waals surface area contributed by atoms with E-state index in [-0.39, 0.29) is 24.3 Å². The van der Waals surface area contributed by atoms with Crippen LogP contribution in [-0.2, 0) is 0 Å². The third-order valence-corrected chi connectivity index (χ3v) is 6.46. The van der Waals surface area contributed by atoms with Crippen LogP contribution in [0.25, 0.3) is 16.6 Å². The normalized spacial score (nSPS) is 21.6. The topological polar surface area (TPSA) is 81.6 Å². The molecular formula is C21H25F3N6O. The van der Waals surface area contributed by atoms with Crippen LogP contribution in [0, 0.1) is 11.8 Å². The van der Waals surface area contributed by atoms with E-state index in [0.717, 1.165) is 18.2 Å². The standard InChI is InChI=1S/C21H25F3N6O/c1-31-16-6-2-5-14-17(16)26-20(25)30-19(14)27-18(28-30)13-4-3-9-29(10-13)11-15(12-7-8-12)21(22,23)24/h2,5-6,12-13,15H,3-4,7-11H2,1H3,(H2,25,26)/t13-,15?/m1/s1. The van der Waals surface area contributed by atoms with Crippen molar-refractivity contribution in [2.45, 2.75) is 37.8 Å². The zero-order chi connectivity index (χ0) is 21.8. The smallest absolute Gasteiger partial charge is 0.393 e. The average Bonchev–Trinajstić information content (AvgIpc) is 3.47. The van der Waals surface area contributed by atoms with Gasteiger partial charge in [-0.05, 0) is 50.3 Å². The number of methoxy groups -OCH3 is 1. The number of nitrogens with zero attached hydrogens (tertiary/aromatic N) is 5. The quantitative estimate of drug-likeness (QED) is 0.660. The Balaban J connectivity index is 1.44. The number of para-hydroxylation sites is 1. The van der Waals surface area contributed by atoms with Crippen molar-refractivity contribution in [3.63, 3.8) is 0 Å². The SMILES string of the molecule is COc1cccc2c1nc(N)n1nc([C@@H]3CCCN(CC(C4CC4)C(F)(F)F)C3)nc21. The van der Waals surface area contributed by atoms with Crippen molar-refractivity contribution >= 4 is 22.5 Å². The Bertz CT molecular complexity index is 1110. The molecule has 3 heterocycles. The number of ether oxygens (including phenoxy) is 1. The number of benzene rings is 1. The van der Waals surface area contributed by atoms with E-state index >= 15 is 0 Å². The van der Waals surface area contributed by atoms with Crippen LogP contribution in [-0.4, -0.2) is 57.4 Å². The average molecular weight is 434 g/mol. The lowest BCUT2D eigenvalue weighted by Crippen LogP contribution is -2.42. The summed E-state index contributed by atoms with van der Waals surface area (Å²) in [6.07, 6.45) is -1.14. The first kappa shape index (κ1) is 20.3. The summed E-state index contributed by atoms with van der Waals surface area (Å²) >= 11 is 0. The van der Waals surface area contributed by atoms with Crippen LogP contribution in [0.5, 0.6) is 5.75 Å². The number of piperidine rings is 1.